The zero-order valence-corrected chi connectivity index (χ0v) is 15.1. The standard InChI is InChI=1S/C19H22N2O3S/c1-24-19(23)12-17(14-5-9-16(25-2)10-6-14)21-18(22)11-13-3-7-15(20)8-4-13/h3-10,17H,11-12,20H2,1-2H3,(H,21,22). The van der Waals surface area contributed by atoms with Crippen molar-refractivity contribution in [3.8, 4) is 0 Å². The van der Waals surface area contributed by atoms with Gasteiger partial charge < -0.3 is 15.8 Å². The summed E-state index contributed by atoms with van der Waals surface area (Å²) >= 11 is 1.64. The van der Waals surface area contributed by atoms with Crippen molar-refractivity contribution in [2.24, 2.45) is 0 Å². The number of hydrogen-bond acceptors (Lipinski definition) is 5. The van der Waals surface area contributed by atoms with E-state index in [1.54, 1.807) is 23.9 Å². The highest BCUT2D eigenvalue weighted by Gasteiger charge is 2.19. The van der Waals surface area contributed by atoms with Crippen LogP contribution in [0.3, 0.4) is 0 Å². The summed E-state index contributed by atoms with van der Waals surface area (Å²) in [6.07, 6.45) is 2.30. The molecule has 1 amide bonds. The number of carbonyl (C=O) groups is 2. The fourth-order valence-corrected chi connectivity index (χ4v) is 2.81. The van der Waals surface area contributed by atoms with Gasteiger partial charge in [0.15, 0.2) is 0 Å². The molecule has 0 aliphatic rings. The average molecular weight is 358 g/mol. The van der Waals surface area contributed by atoms with Gasteiger partial charge >= 0.3 is 5.97 Å². The van der Waals surface area contributed by atoms with Crippen LogP contribution >= 0.6 is 11.8 Å². The molecule has 0 aliphatic heterocycles. The van der Waals surface area contributed by atoms with Crippen LogP contribution in [0.15, 0.2) is 53.4 Å². The van der Waals surface area contributed by atoms with Crippen molar-refractivity contribution in [1.82, 2.24) is 5.32 Å². The van der Waals surface area contributed by atoms with E-state index in [1.807, 2.05) is 42.7 Å². The zero-order chi connectivity index (χ0) is 18.2. The maximum Gasteiger partial charge on any atom is 0.307 e. The second kappa shape index (κ2) is 9.13. The number of anilines is 1. The number of amides is 1. The lowest BCUT2D eigenvalue weighted by molar-refractivity contribution is -0.141. The van der Waals surface area contributed by atoms with Crippen LogP contribution < -0.4 is 11.1 Å². The van der Waals surface area contributed by atoms with Gasteiger partial charge in [0, 0.05) is 10.6 Å². The maximum atomic E-state index is 12.4. The highest BCUT2D eigenvalue weighted by atomic mass is 32.2. The molecule has 2 rings (SSSR count). The van der Waals surface area contributed by atoms with Crippen LogP contribution in [-0.4, -0.2) is 25.2 Å². The summed E-state index contributed by atoms with van der Waals surface area (Å²) in [5.41, 5.74) is 8.04. The van der Waals surface area contributed by atoms with Crippen LogP contribution in [0.1, 0.15) is 23.6 Å². The van der Waals surface area contributed by atoms with Gasteiger partial charge in [0.05, 0.1) is 26.0 Å². The number of benzene rings is 2. The number of nitrogens with two attached hydrogens (primary N) is 1. The molecule has 2 aromatic carbocycles. The molecule has 6 heteroatoms. The molecule has 0 spiro atoms. The van der Waals surface area contributed by atoms with E-state index in [-0.39, 0.29) is 24.7 Å². The molecular weight excluding hydrogens is 336 g/mol. The summed E-state index contributed by atoms with van der Waals surface area (Å²) in [5.74, 6) is -0.528. The van der Waals surface area contributed by atoms with Gasteiger partial charge in [-0.3, -0.25) is 9.59 Å². The molecule has 0 aliphatic carbocycles. The molecule has 1 atom stereocenters. The second-order valence-electron chi connectivity index (χ2n) is 5.59. The Kier molecular flexibility index (Phi) is 6.89. The monoisotopic (exact) mass is 358 g/mol. The van der Waals surface area contributed by atoms with Gasteiger partial charge in [0.25, 0.3) is 0 Å². The first-order chi connectivity index (χ1) is 12.0. The molecule has 5 nitrogen and oxygen atoms in total. The minimum atomic E-state index is -0.426. The SMILES string of the molecule is COC(=O)CC(NC(=O)Cc1ccc(N)cc1)c1ccc(SC)cc1. The topological polar surface area (TPSA) is 81.4 Å². The Morgan fingerprint density at radius 1 is 1.12 bits per heavy atom. The normalized spacial score (nSPS) is 11.6. The fourth-order valence-electron chi connectivity index (χ4n) is 2.40. The predicted octanol–water partition coefficient (Wildman–Crippen LogP) is 2.95. The first-order valence-corrected chi connectivity index (χ1v) is 9.09. The maximum absolute atomic E-state index is 12.4. The predicted molar refractivity (Wildman–Crippen MR) is 100 cm³/mol. The van der Waals surface area contributed by atoms with E-state index in [0.29, 0.717) is 5.69 Å². The average Bonchev–Trinajstić information content (AvgIpc) is 2.63. The van der Waals surface area contributed by atoms with E-state index in [0.717, 1.165) is 16.0 Å². The number of methoxy groups -OCH3 is 1. The fraction of sp³-hybridized carbons (Fsp3) is 0.263. The van der Waals surface area contributed by atoms with Crippen LogP contribution in [0, 0.1) is 0 Å². The van der Waals surface area contributed by atoms with E-state index >= 15 is 0 Å². The third kappa shape index (κ3) is 5.83. The summed E-state index contributed by atoms with van der Waals surface area (Å²) < 4.78 is 4.75. The van der Waals surface area contributed by atoms with Gasteiger partial charge in [-0.15, -0.1) is 11.8 Å². The number of rotatable bonds is 7. The zero-order valence-electron chi connectivity index (χ0n) is 14.3. The lowest BCUT2D eigenvalue weighted by atomic mass is 10.0. The molecule has 0 heterocycles. The molecule has 132 valence electrons. The minimum Gasteiger partial charge on any atom is -0.469 e. The van der Waals surface area contributed by atoms with Crippen molar-refractivity contribution in [3.63, 3.8) is 0 Å². The second-order valence-corrected chi connectivity index (χ2v) is 6.47. The summed E-state index contributed by atoms with van der Waals surface area (Å²) in [5, 5.41) is 2.92. The van der Waals surface area contributed by atoms with E-state index in [1.165, 1.54) is 7.11 Å². The number of nitrogens with one attached hydrogen (secondary N) is 1. The van der Waals surface area contributed by atoms with Crippen LogP contribution in [0.2, 0.25) is 0 Å². The van der Waals surface area contributed by atoms with Gasteiger partial charge in [-0.05, 0) is 41.6 Å². The Labute approximate surface area is 151 Å². The molecule has 2 aromatic rings. The molecule has 0 saturated heterocycles. The smallest absolute Gasteiger partial charge is 0.307 e. The third-order valence-electron chi connectivity index (χ3n) is 3.80. The van der Waals surface area contributed by atoms with Gasteiger partial charge in [-0.2, -0.15) is 0 Å². The van der Waals surface area contributed by atoms with E-state index in [4.69, 9.17) is 10.5 Å². The van der Waals surface area contributed by atoms with Crippen molar-refractivity contribution in [2.45, 2.75) is 23.8 Å². The lowest BCUT2D eigenvalue weighted by Crippen LogP contribution is -2.31. The summed E-state index contributed by atoms with van der Waals surface area (Å²) in [4.78, 5) is 25.2. The Morgan fingerprint density at radius 2 is 1.76 bits per heavy atom. The number of esters is 1. The number of carbonyl (C=O) groups excluding carboxylic acids is 2. The van der Waals surface area contributed by atoms with Gasteiger partial charge in [0.1, 0.15) is 0 Å². The molecule has 3 N–H and O–H groups in total. The number of ether oxygens (including phenoxy) is 1. The molecule has 1 unspecified atom stereocenters. The largest absolute Gasteiger partial charge is 0.469 e. The molecular formula is C19H22N2O3S. The Balaban J connectivity index is 2.09. The highest BCUT2D eigenvalue weighted by molar-refractivity contribution is 7.98. The Hall–Kier alpha value is -2.47. The highest BCUT2D eigenvalue weighted by Crippen LogP contribution is 2.22. The molecule has 0 saturated carbocycles. The number of thioether (sulfide) groups is 1. The van der Waals surface area contributed by atoms with Crippen LogP contribution in [0.25, 0.3) is 0 Å². The Morgan fingerprint density at radius 3 is 2.32 bits per heavy atom. The summed E-state index contributed by atoms with van der Waals surface area (Å²) in [7, 11) is 1.34. The molecule has 0 aromatic heterocycles. The Bertz CT molecular complexity index is 714. The van der Waals surface area contributed by atoms with Crippen molar-refractivity contribution in [1.29, 1.82) is 0 Å². The van der Waals surface area contributed by atoms with Crippen LogP contribution in [-0.2, 0) is 20.7 Å². The number of nitrogen functional groups attached to an aromatic ring is 1. The van der Waals surface area contributed by atoms with E-state index in [2.05, 4.69) is 5.32 Å². The number of hydrogen-bond donors (Lipinski definition) is 2. The van der Waals surface area contributed by atoms with Gasteiger partial charge in [0.2, 0.25) is 5.91 Å². The summed E-state index contributed by atoms with van der Waals surface area (Å²) in [6, 6.07) is 14.5. The molecule has 25 heavy (non-hydrogen) atoms. The van der Waals surface area contributed by atoms with Crippen molar-refractivity contribution < 1.29 is 14.3 Å². The molecule has 0 fully saturated rings. The van der Waals surface area contributed by atoms with Gasteiger partial charge in [-0.25, -0.2) is 0 Å². The molecule has 0 radical (unpaired) electrons. The van der Waals surface area contributed by atoms with Crippen molar-refractivity contribution >= 4 is 29.3 Å². The first kappa shape index (κ1) is 18.9. The summed E-state index contributed by atoms with van der Waals surface area (Å²) in [6.45, 7) is 0. The van der Waals surface area contributed by atoms with Crippen LogP contribution in [0.5, 0.6) is 0 Å². The van der Waals surface area contributed by atoms with Crippen LogP contribution in [0.4, 0.5) is 5.69 Å². The first-order valence-electron chi connectivity index (χ1n) is 7.86. The minimum absolute atomic E-state index is 0.0859. The van der Waals surface area contributed by atoms with E-state index in [9.17, 15) is 9.59 Å². The lowest BCUT2D eigenvalue weighted by Gasteiger charge is -2.18. The molecule has 0 bridgehead atoms. The third-order valence-corrected chi connectivity index (χ3v) is 4.54. The van der Waals surface area contributed by atoms with Crippen molar-refractivity contribution in [3.05, 3.63) is 59.7 Å². The van der Waals surface area contributed by atoms with E-state index < -0.39 is 6.04 Å². The van der Waals surface area contributed by atoms with Crippen molar-refractivity contribution in [2.75, 3.05) is 19.1 Å². The van der Waals surface area contributed by atoms with Gasteiger partial charge in [-0.1, -0.05) is 24.3 Å². The quantitative estimate of drug-likeness (QED) is 0.452.